The Morgan fingerprint density at radius 3 is 2.50 bits per heavy atom. The molecular formula is C12H16NO-. The van der Waals surface area contributed by atoms with Crippen LogP contribution < -0.4 is 0 Å². The summed E-state index contributed by atoms with van der Waals surface area (Å²) < 4.78 is 0. The monoisotopic (exact) mass is 190 g/mol. The predicted molar refractivity (Wildman–Crippen MR) is 59.9 cm³/mol. The van der Waals surface area contributed by atoms with Gasteiger partial charge in [-0.1, -0.05) is 37.8 Å². The van der Waals surface area contributed by atoms with Crippen molar-refractivity contribution in [3.8, 4) is 0 Å². The van der Waals surface area contributed by atoms with Crippen LogP contribution in [0.25, 0.3) is 0 Å². The Morgan fingerprint density at radius 2 is 2.00 bits per heavy atom. The molecule has 2 nitrogen and oxygen atoms in total. The average Bonchev–Trinajstić information content (AvgIpc) is 2.16. The van der Waals surface area contributed by atoms with Crippen molar-refractivity contribution in [3.63, 3.8) is 0 Å². The first kappa shape index (κ1) is 10.8. The second-order valence-corrected chi connectivity index (χ2v) is 3.57. The van der Waals surface area contributed by atoms with Crippen molar-refractivity contribution in [2.24, 2.45) is 0 Å². The highest BCUT2D eigenvalue weighted by molar-refractivity contribution is 5.33. The van der Waals surface area contributed by atoms with Crippen molar-refractivity contribution in [1.29, 1.82) is 0 Å². The standard InChI is InChI=1S/C12H16NO/c1-9-7-5-6-8-12(9)10(2)11(3)13(4)14/h5-8,10H,3H2,1-2,4H3/q-1/t10-/m1/s1. The Morgan fingerprint density at radius 1 is 1.43 bits per heavy atom. The molecule has 0 heterocycles. The van der Waals surface area contributed by atoms with Crippen LogP contribution in [0, 0.1) is 12.1 Å². The number of rotatable bonds is 3. The van der Waals surface area contributed by atoms with Gasteiger partial charge in [0.2, 0.25) is 0 Å². The third-order valence-corrected chi connectivity index (χ3v) is 2.56. The minimum atomic E-state index is 0.0821. The molecular weight excluding hydrogens is 174 g/mol. The third-order valence-electron chi connectivity index (χ3n) is 2.56. The lowest BCUT2D eigenvalue weighted by atomic mass is 9.94. The van der Waals surface area contributed by atoms with E-state index in [0.29, 0.717) is 5.70 Å². The van der Waals surface area contributed by atoms with Crippen molar-refractivity contribution in [2.75, 3.05) is 7.05 Å². The average molecular weight is 190 g/mol. The van der Waals surface area contributed by atoms with Gasteiger partial charge >= 0.3 is 0 Å². The van der Waals surface area contributed by atoms with Crippen LogP contribution in [0.15, 0.2) is 36.5 Å². The second kappa shape index (κ2) is 4.29. The molecule has 1 aromatic carbocycles. The summed E-state index contributed by atoms with van der Waals surface area (Å²) in [6, 6.07) is 8.06. The number of hydrogen-bond donors (Lipinski definition) is 0. The lowest BCUT2D eigenvalue weighted by Gasteiger charge is -2.32. The van der Waals surface area contributed by atoms with Gasteiger partial charge in [0.15, 0.2) is 0 Å². The molecule has 0 spiro atoms. The fraction of sp³-hybridized carbons (Fsp3) is 0.333. The third kappa shape index (κ3) is 2.15. The molecule has 14 heavy (non-hydrogen) atoms. The Balaban J connectivity index is 2.95. The van der Waals surface area contributed by atoms with Crippen LogP contribution in [-0.2, 0) is 0 Å². The quantitative estimate of drug-likeness (QED) is 0.685. The summed E-state index contributed by atoms with van der Waals surface area (Å²) in [6.45, 7) is 7.83. The molecule has 0 fully saturated rings. The fourth-order valence-corrected chi connectivity index (χ4v) is 1.52. The van der Waals surface area contributed by atoms with Gasteiger partial charge in [0.05, 0.1) is 0 Å². The highest BCUT2D eigenvalue weighted by Crippen LogP contribution is 2.26. The van der Waals surface area contributed by atoms with E-state index in [4.69, 9.17) is 0 Å². The molecule has 0 unspecified atom stereocenters. The van der Waals surface area contributed by atoms with Crippen molar-refractivity contribution >= 4 is 0 Å². The lowest BCUT2D eigenvalue weighted by Crippen LogP contribution is -2.14. The molecule has 0 radical (unpaired) electrons. The van der Waals surface area contributed by atoms with Crippen LogP contribution in [0.2, 0.25) is 0 Å². The van der Waals surface area contributed by atoms with Gasteiger partial charge in [-0.15, -0.1) is 0 Å². The fourth-order valence-electron chi connectivity index (χ4n) is 1.52. The van der Waals surface area contributed by atoms with Crippen LogP contribution in [0.1, 0.15) is 24.0 Å². The summed E-state index contributed by atoms with van der Waals surface area (Å²) in [6.07, 6.45) is 0. The van der Waals surface area contributed by atoms with Gasteiger partial charge in [-0.25, -0.2) is 0 Å². The minimum Gasteiger partial charge on any atom is -0.759 e. The van der Waals surface area contributed by atoms with Crippen molar-refractivity contribution in [3.05, 3.63) is 52.9 Å². The summed E-state index contributed by atoms with van der Waals surface area (Å²) in [4.78, 5) is 0. The first-order valence-corrected chi connectivity index (χ1v) is 4.69. The molecule has 0 amide bonds. The largest absolute Gasteiger partial charge is 0.759 e. The van der Waals surface area contributed by atoms with E-state index in [9.17, 15) is 5.21 Å². The summed E-state index contributed by atoms with van der Waals surface area (Å²) in [5.74, 6) is 0.0821. The van der Waals surface area contributed by atoms with E-state index in [0.717, 1.165) is 5.06 Å². The van der Waals surface area contributed by atoms with E-state index in [1.807, 2.05) is 38.1 Å². The summed E-state index contributed by atoms with van der Waals surface area (Å²) in [5, 5.41) is 11.9. The molecule has 0 aliphatic carbocycles. The molecule has 0 saturated carbocycles. The van der Waals surface area contributed by atoms with Crippen LogP contribution in [-0.4, -0.2) is 12.1 Å². The van der Waals surface area contributed by atoms with Gasteiger partial charge in [-0.3, -0.25) is 0 Å². The molecule has 0 aliphatic heterocycles. The molecule has 2 heteroatoms. The van der Waals surface area contributed by atoms with Crippen LogP contribution in [0.5, 0.6) is 0 Å². The van der Waals surface area contributed by atoms with Gasteiger partial charge in [0.1, 0.15) is 0 Å². The molecule has 1 atom stereocenters. The van der Waals surface area contributed by atoms with E-state index in [-0.39, 0.29) is 5.92 Å². The van der Waals surface area contributed by atoms with Gasteiger partial charge in [-0.2, -0.15) is 0 Å². The van der Waals surface area contributed by atoms with Crippen LogP contribution in [0.3, 0.4) is 0 Å². The van der Waals surface area contributed by atoms with Crippen LogP contribution >= 0.6 is 0 Å². The van der Waals surface area contributed by atoms with Gasteiger partial charge in [-0.05, 0) is 25.1 Å². The maximum Gasteiger partial charge on any atom is 0.0200 e. The van der Waals surface area contributed by atoms with E-state index >= 15 is 0 Å². The van der Waals surface area contributed by atoms with Gasteiger partial charge in [0.25, 0.3) is 0 Å². The Kier molecular flexibility index (Phi) is 3.31. The van der Waals surface area contributed by atoms with E-state index in [1.165, 1.54) is 18.2 Å². The van der Waals surface area contributed by atoms with E-state index in [1.54, 1.807) is 0 Å². The maximum atomic E-state index is 11.1. The molecule has 0 aromatic heterocycles. The highest BCUT2D eigenvalue weighted by Gasteiger charge is 2.10. The molecule has 0 aliphatic rings. The van der Waals surface area contributed by atoms with Gasteiger partial charge in [0, 0.05) is 11.6 Å². The van der Waals surface area contributed by atoms with Crippen molar-refractivity contribution < 1.29 is 0 Å². The zero-order chi connectivity index (χ0) is 10.7. The Hall–Kier alpha value is -1.28. The summed E-state index contributed by atoms with van der Waals surface area (Å²) >= 11 is 0. The number of nitrogens with zero attached hydrogens (tertiary/aromatic N) is 1. The molecule has 1 aromatic rings. The Labute approximate surface area is 85.4 Å². The van der Waals surface area contributed by atoms with E-state index in [2.05, 4.69) is 6.58 Å². The molecule has 1 rings (SSSR count). The zero-order valence-corrected chi connectivity index (χ0v) is 8.95. The number of aryl methyl sites for hydroxylation is 1. The molecule has 0 saturated heterocycles. The summed E-state index contributed by atoms with van der Waals surface area (Å²) in [5.41, 5.74) is 2.96. The van der Waals surface area contributed by atoms with E-state index < -0.39 is 0 Å². The normalized spacial score (nSPS) is 12.3. The minimum absolute atomic E-state index is 0.0821. The SMILES string of the molecule is C=C([C@@H](C)c1ccccc1C)N(C)[O-]. The van der Waals surface area contributed by atoms with Crippen molar-refractivity contribution in [1.82, 2.24) is 5.06 Å². The first-order chi connectivity index (χ1) is 6.54. The number of likely N-dealkylation sites (N-methyl/N-ethyl adjacent to an activating group) is 1. The second-order valence-electron chi connectivity index (χ2n) is 3.57. The first-order valence-electron chi connectivity index (χ1n) is 4.69. The molecule has 76 valence electrons. The number of benzene rings is 1. The molecule has 0 bridgehead atoms. The number of allylic oxidation sites excluding steroid dienone is 1. The maximum absolute atomic E-state index is 11.1. The topological polar surface area (TPSA) is 26.3 Å². The molecule has 0 N–H and O–H groups in total. The lowest BCUT2D eigenvalue weighted by molar-refractivity contribution is 0.525. The predicted octanol–water partition coefficient (Wildman–Crippen LogP) is 3.04. The van der Waals surface area contributed by atoms with Gasteiger partial charge < -0.3 is 10.3 Å². The Bertz CT molecular complexity index is 331. The van der Waals surface area contributed by atoms with Crippen molar-refractivity contribution in [2.45, 2.75) is 19.8 Å². The van der Waals surface area contributed by atoms with Crippen LogP contribution in [0.4, 0.5) is 0 Å². The number of hydrogen-bond acceptors (Lipinski definition) is 2. The smallest absolute Gasteiger partial charge is 0.0200 e. The summed E-state index contributed by atoms with van der Waals surface area (Å²) in [7, 11) is 1.48. The number of hydroxylamine groups is 2. The highest BCUT2D eigenvalue weighted by atomic mass is 16.5. The zero-order valence-electron chi connectivity index (χ0n) is 8.95.